The van der Waals surface area contributed by atoms with E-state index < -0.39 is 0 Å². The number of hydrogen-bond donors (Lipinski definition) is 0. The third kappa shape index (κ3) is 2.57. The summed E-state index contributed by atoms with van der Waals surface area (Å²) in [6, 6.07) is 9.14. The van der Waals surface area contributed by atoms with Crippen molar-refractivity contribution in [1.82, 2.24) is 4.90 Å². The molecule has 92 valence electrons. The Kier molecular flexibility index (Phi) is 3.73. The first-order chi connectivity index (χ1) is 8.72. The molecule has 1 aromatic rings. The first-order valence-electron chi connectivity index (χ1n) is 6.03. The van der Waals surface area contributed by atoms with Crippen molar-refractivity contribution in [3.8, 4) is 6.07 Å². The summed E-state index contributed by atoms with van der Waals surface area (Å²) in [5.41, 5.74) is 1.24. The first-order valence-corrected chi connectivity index (χ1v) is 6.03. The molecule has 4 nitrogen and oxygen atoms in total. The molecule has 1 aromatic carbocycles. The summed E-state index contributed by atoms with van der Waals surface area (Å²) in [4.78, 5) is 25.0. The molecule has 18 heavy (non-hydrogen) atoms. The highest BCUT2D eigenvalue weighted by atomic mass is 16.2. The smallest absolute Gasteiger partial charge is 0.229 e. The summed E-state index contributed by atoms with van der Waals surface area (Å²) in [5.74, 6) is -0.268. The maximum atomic E-state index is 11.9. The SMILES string of the molecule is N#Cc1ccccc1CN1C(=O)CCCCC1=O. The highest BCUT2D eigenvalue weighted by Gasteiger charge is 2.24. The van der Waals surface area contributed by atoms with Gasteiger partial charge in [0.25, 0.3) is 0 Å². The molecule has 0 radical (unpaired) electrons. The lowest BCUT2D eigenvalue weighted by molar-refractivity contribution is -0.144. The number of carbonyl (C=O) groups excluding carboxylic acids is 2. The topological polar surface area (TPSA) is 61.2 Å². The van der Waals surface area contributed by atoms with Crippen molar-refractivity contribution >= 4 is 11.8 Å². The van der Waals surface area contributed by atoms with Gasteiger partial charge in [-0.05, 0) is 24.5 Å². The molecular formula is C14H14N2O2. The van der Waals surface area contributed by atoms with E-state index in [1.165, 1.54) is 4.90 Å². The molecule has 0 saturated carbocycles. The second-order valence-electron chi connectivity index (χ2n) is 4.35. The quantitative estimate of drug-likeness (QED) is 0.745. The Labute approximate surface area is 106 Å². The maximum Gasteiger partial charge on any atom is 0.229 e. The van der Waals surface area contributed by atoms with Crippen LogP contribution < -0.4 is 0 Å². The third-order valence-corrected chi connectivity index (χ3v) is 3.10. The molecule has 0 bridgehead atoms. The molecule has 1 saturated heterocycles. The van der Waals surface area contributed by atoms with Crippen LogP contribution in [-0.4, -0.2) is 16.7 Å². The van der Waals surface area contributed by atoms with Crippen molar-refractivity contribution < 1.29 is 9.59 Å². The molecule has 0 aliphatic carbocycles. The van der Waals surface area contributed by atoms with Crippen LogP contribution in [0.1, 0.15) is 36.8 Å². The average molecular weight is 242 g/mol. The van der Waals surface area contributed by atoms with Crippen molar-refractivity contribution in [1.29, 1.82) is 5.26 Å². The fourth-order valence-corrected chi connectivity index (χ4v) is 2.08. The lowest BCUT2D eigenvalue weighted by Gasteiger charge is -2.19. The fraction of sp³-hybridized carbons (Fsp3) is 0.357. The molecule has 1 fully saturated rings. The van der Waals surface area contributed by atoms with Crippen LogP contribution in [0.4, 0.5) is 0 Å². The van der Waals surface area contributed by atoms with Gasteiger partial charge in [0.15, 0.2) is 0 Å². The monoisotopic (exact) mass is 242 g/mol. The second kappa shape index (κ2) is 5.46. The molecule has 0 unspecified atom stereocenters. The molecule has 1 aliphatic heterocycles. The summed E-state index contributed by atoms with van der Waals surface area (Å²) in [6.45, 7) is 0.210. The van der Waals surface area contributed by atoms with Crippen LogP contribution in [0.15, 0.2) is 24.3 Å². The number of imide groups is 1. The highest BCUT2D eigenvalue weighted by molar-refractivity contribution is 5.96. The van der Waals surface area contributed by atoms with Crippen LogP contribution in [-0.2, 0) is 16.1 Å². The van der Waals surface area contributed by atoms with Gasteiger partial charge >= 0.3 is 0 Å². The highest BCUT2D eigenvalue weighted by Crippen LogP contribution is 2.17. The predicted molar refractivity (Wildman–Crippen MR) is 65.2 cm³/mol. The van der Waals surface area contributed by atoms with E-state index in [2.05, 4.69) is 6.07 Å². The number of benzene rings is 1. The summed E-state index contributed by atoms with van der Waals surface area (Å²) >= 11 is 0. The van der Waals surface area contributed by atoms with E-state index in [0.717, 1.165) is 18.4 Å². The van der Waals surface area contributed by atoms with Crippen LogP contribution >= 0.6 is 0 Å². The second-order valence-corrected chi connectivity index (χ2v) is 4.35. The van der Waals surface area contributed by atoms with Crippen molar-refractivity contribution in [2.75, 3.05) is 0 Å². The molecule has 0 atom stereocenters. The van der Waals surface area contributed by atoms with Gasteiger partial charge in [-0.3, -0.25) is 14.5 Å². The summed E-state index contributed by atoms with van der Waals surface area (Å²) in [7, 11) is 0. The van der Waals surface area contributed by atoms with Gasteiger partial charge in [-0.2, -0.15) is 5.26 Å². The van der Waals surface area contributed by atoms with Gasteiger partial charge in [-0.25, -0.2) is 0 Å². The predicted octanol–water partition coefficient (Wildman–Crippen LogP) is 1.99. The van der Waals surface area contributed by atoms with Gasteiger partial charge in [-0.1, -0.05) is 18.2 Å². The number of nitrogens with zero attached hydrogens (tertiary/aromatic N) is 2. The minimum atomic E-state index is -0.134. The summed E-state index contributed by atoms with van der Waals surface area (Å²) in [6.07, 6.45) is 2.36. The van der Waals surface area contributed by atoms with Crippen molar-refractivity contribution in [3.63, 3.8) is 0 Å². The van der Waals surface area contributed by atoms with Crippen LogP contribution in [0.3, 0.4) is 0 Å². The Balaban J connectivity index is 2.23. The van der Waals surface area contributed by atoms with Crippen molar-refractivity contribution in [2.45, 2.75) is 32.2 Å². The lowest BCUT2D eigenvalue weighted by Crippen LogP contribution is -2.34. The Morgan fingerprint density at radius 3 is 2.33 bits per heavy atom. The van der Waals surface area contributed by atoms with Crippen molar-refractivity contribution in [3.05, 3.63) is 35.4 Å². The largest absolute Gasteiger partial charge is 0.278 e. The van der Waals surface area contributed by atoms with Crippen LogP contribution in [0.25, 0.3) is 0 Å². The minimum absolute atomic E-state index is 0.134. The summed E-state index contributed by atoms with van der Waals surface area (Å²) in [5, 5.41) is 9.00. The van der Waals surface area contributed by atoms with E-state index in [-0.39, 0.29) is 18.4 Å². The lowest BCUT2D eigenvalue weighted by atomic mass is 10.1. The minimum Gasteiger partial charge on any atom is -0.278 e. The van der Waals surface area contributed by atoms with Gasteiger partial charge in [-0.15, -0.1) is 0 Å². The van der Waals surface area contributed by atoms with E-state index in [1.54, 1.807) is 18.2 Å². The van der Waals surface area contributed by atoms with Crippen LogP contribution in [0.2, 0.25) is 0 Å². The number of rotatable bonds is 2. The zero-order valence-electron chi connectivity index (χ0n) is 10.1. The van der Waals surface area contributed by atoms with Gasteiger partial charge in [0.1, 0.15) is 0 Å². The third-order valence-electron chi connectivity index (χ3n) is 3.10. The van der Waals surface area contributed by atoms with Crippen LogP contribution in [0, 0.1) is 11.3 Å². The normalized spacial score (nSPS) is 16.3. The number of nitriles is 1. The maximum absolute atomic E-state index is 11.9. The van der Waals surface area contributed by atoms with E-state index in [4.69, 9.17) is 5.26 Å². The Morgan fingerprint density at radius 2 is 1.72 bits per heavy atom. The molecular weight excluding hydrogens is 228 g/mol. The fourth-order valence-electron chi connectivity index (χ4n) is 2.08. The zero-order valence-corrected chi connectivity index (χ0v) is 10.1. The number of hydrogen-bond acceptors (Lipinski definition) is 3. The molecule has 1 heterocycles. The Morgan fingerprint density at radius 1 is 1.11 bits per heavy atom. The number of carbonyl (C=O) groups is 2. The molecule has 2 amide bonds. The number of amides is 2. The first kappa shape index (κ1) is 12.3. The standard InChI is InChI=1S/C14H14N2O2/c15-9-11-5-1-2-6-12(11)10-16-13(17)7-3-4-8-14(16)18/h1-2,5-6H,3-4,7-8,10H2. The Bertz CT molecular complexity index is 499. The molecule has 1 aliphatic rings. The van der Waals surface area contributed by atoms with Crippen LogP contribution in [0.5, 0.6) is 0 Å². The van der Waals surface area contributed by atoms with Gasteiger partial charge in [0.05, 0.1) is 18.2 Å². The molecule has 2 rings (SSSR count). The number of likely N-dealkylation sites (tertiary alicyclic amines) is 1. The zero-order chi connectivity index (χ0) is 13.0. The summed E-state index contributed by atoms with van der Waals surface area (Å²) < 4.78 is 0. The molecule has 0 N–H and O–H groups in total. The van der Waals surface area contributed by atoms with E-state index in [9.17, 15) is 9.59 Å². The molecule has 4 heteroatoms. The van der Waals surface area contributed by atoms with Gasteiger partial charge in [0.2, 0.25) is 11.8 Å². The van der Waals surface area contributed by atoms with Gasteiger partial charge in [0, 0.05) is 12.8 Å². The van der Waals surface area contributed by atoms with E-state index >= 15 is 0 Å². The van der Waals surface area contributed by atoms with E-state index in [0.29, 0.717) is 18.4 Å². The van der Waals surface area contributed by atoms with E-state index in [1.807, 2.05) is 6.07 Å². The average Bonchev–Trinajstić information content (AvgIpc) is 2.54. The van der Waals surface area contributed by atoms with Crippen molar-refractivity contribution in [2.24, 2.45) is 0 Å². The Hall–Kier alpha value is -2.15. The molecule has 0 spiro atoms. The molecule has 0 aromatic heterocycles. The van der Waals surface area contributed by atoms with Gasteiger partial charge < -0.3 is 0 Å².